The van der Waals surface area contributed by atoms with Crippen molar-refractivity contribution in [3.63, 3.8) is 0 Å². The van der Waals surface area contributed by atoms with Gasteiger partial charge in [-0.05, 0) is 53.5 Å². The normalized spacial score (nSPS) is 35.5. The Morgan fingerprint density at radius 1 is 1.24 bits per heavy atom. The number of rotatable bonds is 4. The molecule has 0 bridgehead atoms. The van der Waals surface area contributed by atoms with Crippen LogP contribution in [0.5, 0.6) is 0 Å². The Hall–Kier alpha value is -0.130. The zero-order valence-electron chi connectivity index (χ0n) is 14.1. The molecule has 0 aliphatic carbocycles. The summed E-state index contributed by atoms with van der Waals surface area (Å²) in [6.45, 7) is 11.3. The van der Waals surface area contributed by atoms with Gasteiger partial charge in [0.25, 0.3) is 0 Å². The number of hydrogen-bond acceptors (Lipinski definition) is 4. The number of nitrogens with one attached hydrogen (secondary N) is 1. The predicted molar refractivity (Wildman–Crippen MR) is 86.2 cm³/mol. The van der Waals surface area contributed by atoms with E-state index in [-0.39, 0.29) is 28.4 Å². The van der Waals surface area contributed by atoms with Crippen molar-refractivity contribution < 1.29 is 13.2 Å². The molecule has 5 heteroatoms. The van der Waals surface area contributed by atoms with Gasteiger partial charge in [-0.3, -0.25) is 0 Å². The first-order valence-corrected chi connectivity index (χ1v) is 9.96. The Morgan fingerprint density at radius 2 is 1.90 bits per heavy atom. The molecule has 0 amide bonds. The van der Waals surface area contributed by atoms with Gasteiger partial charge in [-0.15, -0.1) is 0 Å². The Morgan fingerprint density at radius 3 is 2.38 bits per heavy atom. The van der Waals surface area contributed by atoms with E-state index in [1.165, 1.54) is 0 Å². The van der Waals surface area contributed by atoms with E-state index >= 15 is 0 Å². The average molecular weight is 317 g/mol. The lowest BCUT2D eigenvalue weighted by Crippen LogP contribution is -2.54. The lowest BCUT2D eigenvalue weighted by molar-refractivity contribution is -0.0778. The van der Waals surface area contributed by atoms with Gasteiger partial charge in [-0.25, -0.2) is 8.42 Å². The van der Waals surface area contributed by atoms with Gasteiger partial charge in [0.15, 0.2) is 9.84 Å². The molecule has 0 spiro atoms. The largest absolute Gasteiger partial charge is 0.369 e. The summed E-state index contributed by atoms with van der Waals surface area (Å²) in [4.78, 5) is 0. The maximum Gasteiger partial charge on any atom is 0.154 e. The van der Waals surface area contributed by atoms with Crippen LogP contribution in [0.25, 0.3) is 0 Å². The van der Waals surface area contributed by atoms with Gasteiger partial charge >= 0.3 is 0 Å². The first-order valence-electron chi connectivity index (χ1n) is 8.24. The van der Waals surface area contributed by atoms with Crippen LogP contribution in [0.3, 0.4) is 0 Å². The fourth-order valence-corrected chi connectivity index (χ4v) is 6.48. The van der Waals surface area contributed by atoms with Crippen molar-refractivity contribution in [2.24, 2.45) is 5.92 Å². The Balaban J connectivity index is 2.30. The van der Waals surface area contributed by atoms with Crippen LogP contribution in [0.1, 0.15) is 60.3 Å². The second-order valence-electron chi connectivity index (χ2n) is 7.76. The fourth-order valence-electron chi connectivity index (χ4n) is 4.32. The van der Waals surface area contributed by atoms with Crippen molar-refractivity contribution >= 4 is 9.84 Å². The highest BCUT2D eigenvalue weighted by atomic mass is 32.2. The van der Waals surface area contributed by atoms with Crippen molar-refractivity contribution in [3.8, 4) is 0 Å². The molecule has 2 saturated heterocycles. The third-order valence-electron chi connectivity index (χ3n) is 5.05. The topological polar surface area (TPSA) is 55.4 Å². The molecule has 2 heterocycles. The molecule has 2 fully saturated rings. The SMILES string of the molecule is CCNC(C1CC(C)(C)OC1(C)C)C1CCCCS1(=O)=O. The Labute approximate surface area is 129 Å². The van der Waals surface area contributed by atoms with Gasteiger partial charge in [0.1, 0.15) is 0 Å². The van der Waals surface area contributed by atoms with E-state index in [1.54, 1.807) is 0 Å². The van der Waals surface area contributed by atoms with Crippen molar-refractivity contribution in [1.82, 2.24) is 5.32 Å². The van der Waals surface area contributed by atoms with Crippen molar-refractivity contribution in [2.45, 2.75) is 82.8 Å². The molecule has 0 aromatic heterocycles. The Kier molecular flexibility index (Phi) is 4.77. The summed E-state index contributed by atoms with van der Waals surface area (Å²) >= 11 is 0. The molecule has 3 atom stereocenters. The molecule has 4 nitrogen and oxygen atoms in total. The van der Waals surface area contributed by atoms with E-state index < -0.39 is 9.84 Å². The van der Waals surface area contributed by atoms with Gasteiger partial charge in [-0.2, -0.15) is 0 Å². The smallest absolute Gasteiger partial charge is 0.154 e. The minimum atomic E-state index is -2.99. The third kappa shape index (κ3) is 3.62. The maximum atomic E-state index is 12.5. The molecular formula is C16H31NO3S. The van der Waals surface area contributed by atoms with Crippen LogP contribution in [0.15, 0.2) is 0 Å². The number of sulfone groups is 1. The van der Waals surface area contributed by atoms with E-state index in [9.17, 15) is 8.42 Å². The maximum absolute atomic E-state index is 12.5. The molecule has 124 valence electrons. The highest BCUT2D eigenvalue weighted by Gasteiger charge is 2.52. The average Bonchev–Trinajstić information content (AvgIpc) is 2.54. The van der Waals surface area contributed by atoms with Crippen LogP contribution < -0.4 is 5.32 Å². The molecule has 2 rings (SSSR count). The summed E-state index contributed by atoms with van der Waals surface area (Å²) < 4.78 is 31.3. The van der Waals surface area contributed by atoms with Crippen LogP contribution in [-0.2, 0) is 14.6 Å². The minimum absolute atomic E-state index is 0.00271. The zero-order valence-corrected chi connectivity index (χ0v) is 14.9. The molecule has 21 heavy (non-hydrogen) atoms. The van der Waals surface area contributed by atoms with Gasteiger partial charge < -0.3 is 10.1 Å². The molecule has 0 radical (unpaired) electrons. The van der Waals surface area contributed by atoms with E-state index in [2.05, 4.69) is 39.9 Å². The van der Waals surface area contributed by atoms with E-state index in [0.717, 1.165) is 32.2 Å². The number of ether oxygens (including phenoxy) is 1. The quantitative estimate of drug-likeness (QED) is 0.865. The monoisotopic (exact) mass is 317 g/mol. The predicted octanol–water partition coefficient (Wildman–Crippen LogP) is 2.53. The minimum Gasteiger partial charge on any atom is -0.369 e. The molecule has 0 aromatic carbocycles. The molecule has 0 aromatic rings. The first-order chi connectivity index (χ1) is 9.59. The van der Waals surface area contributed by atoms with E-state index in [0.29, 0.717) is 5.75 Å². The summed E-state index contributed by atoms with van der Waals surface area (Å²) in [5, 5.41) is 3.23. The number of hydrogen-bond donors (Lipinski definition) is 1. The van der Waals surface area contributed by atoms with E-state index in [4.69, 9.17) is 4.74 Å². The molecule has 3 unspecified atom stereocenters. The van der Waals surface area contributed by atoms with Gasteiger partial charge in [-0.1, -0.05) is 13.3 Å². The Bertz CT molecular complexity index is 470. The lowest BCUT2D eigenvalue weighted by atomic mass is 9.79. The van der Waals surface area contributed by atoms with Gasteiger partial charge in [0.2, 0.25) is 0 Å². The summed E-state index contributed by atoms with van der Waals surface area (Å²) in [6, 6.07) is -0.00271. The highest BCUT2D eigenvalue weighted by Crippen LogP contribution is 2.45. The summed E-state index contributed by atoms with van der Waals surface area (Å²) in [6.07, 6.45) is 3.52. The molecule has 2 aliphatic rings. The second-order valence-corrected chi connectivity index (χ2v) is 10.1. The molecule has 1 N–H and O–H groups in total. The van der Waals surface area contributed by atoms with Crippen molar-refractivity contribution in [2.75, 3.05) is 12.3 Å². The lowest BCUT2D eigenvalue weighted by Gasteiger charge is -2.39. The van der Waals surface area contributed by atoms with Gasteiger partial charge in [0.05, 0.1) is 22.2 Å². The van der Waals surface area contributed by atoms with Crippen LogP contribution in [0.2, 0.25) is 0 Å². The zero-order chi connectivity index (χ0) is 15.9. The van der Waals surface area contributed by atoms with E-state index in [1.807, 2.05) is 0 Å². The third-order valence-corrected chi connectivity index (χ3v) is 7.36. The molecule has 0 saturated carbocycles. The van der Waals surface area contributed by atoms with Crippen LogP contribution in [0.4, 0.5) is 0 Å². The standard InChI is InChI=1S/C16H31NO3S/c1-6-17-14(13-9-7-8-10-21(13,18)19)12-11-15(2,3)20-16(12,4)5/h12-14,17H,6-11H2,1-5H3. The summed E-state index contributed by atoms with van der Waals surface area (Å²) in [5.74, 6) is 0.571. The summed E-state index contributed by atoms with van der Waals surface area (Å²) in [7, 11) is -2.99. The first kappa shape index (κ1) is 17.2. The van der Waals surface area contributed by atoms with Crippen LogP contribution >= 0.6 is 0 Å². The highest BCUT2D eigenvalue weighted by molar-refractivity contribution is 7.92. The molecule has 2 aliphatic heterocycles. The molecular weight excluding hydrogens is 286 g/mol. The van der Waals surface area contributed by atoms with Crippen molar-refractivity contribution in [1.29, 1.82) is 0 Å². The fraction of sp³-hybridized carbons (Fsp3) is 1.00. The van der Waals surface area contributed by atoms with Crippen molar-refractivity contribution in [3.05, 3.63) is 0 Å². The van der Waals surface area contributed by atoms with Gasteiger partial charge in [0, 0.05) is 12.0 Å². The second kappa shape index (κ2) is 5.82. The summed E-state index contributed by atoms with van der Waals surface area (Å²) in [5.41, 5.74) is -0.469. The van der Waals surface area contributed by atoms with Crippen LogP contribution in [-0.4, -0.2) is 43.2 Å². The van der Waals surface area contributed by atoms with Crippen LogP contribution in [0, 0.1) is 5.92 Å².